The highest BCUT2D eigenvalue weighted by Gasteiger charge is 2.18. The second-order valence-corrected chi connectivity index (χ2v) is 7.49. The number of thiophene rings is 1. The zero-order valence-electron chi connectivity index (χ0n) is 13.3. The summed E-state index contributed by atoms with van der Waals surface area (Å²) in [4.78, 5) is 14.8. The molecule has 0 radical (unpaired) electrons. The van der Waals surface area contributed by atoms with E-state index in [1.807, 2.05) is 23.6 Å². The van der Waals surface area contributed by atoms with Gasteiger partial charge in [-0.25, -0.2) is 0 Å². The Hall–Kier alpha value is -1.79. The number of carbonyl (C=O) groups excluding carboxylic acids is 1. The molecular weight excluding hydrogens is 379 g/mol. The molecule has 1 unspecified atom stereocenters. The van der Waals surface area contributed by atoms with Crippen LogP contribution in [0.25, 0.3) is 0 Å². The Morgan fingerprint density at radius 2 is 2.04 bits per heavy atom. The first-order valence-corrected chi connectivity index (χ1v) is 9.37. The first kappa shape index (κ1) is 18.0. The number of anilines is 1. The van der Waals surface area contributed by atoms with Gasteiger partial charge in [-0.3, -0.25) is 4.79 Å². The molecule has 0 saturated heterocycles. The van der Waals surface area contributed by atoms with Gasteiger partial charge in [0.05, 0.1) is 21.9 Å². The molecule has 1 aromatic carbocycles. The van der Waals surface area contributed by atoms with Crippen molar-refractivity contribution in [2.45, 2.75) is 13.1 Å². The number of halogens is 2. The quantitative estimate of drug-likeness (QED) is 0.637. The lowest BCUT2D eigenvalue weighted by molar-refractivity contribution is -0.920. The molecule has 2 N–H and O–H groups in total. The predicted octanol–water partition coefficient (Wildman–Crippen LogP) is 3.87. The van der Waals surface area contributed by atoms with E-state index < -0.39 is 0 Å². The molecule has 2 heterocycles. The zero-order valence-corrected chi connectivity index (χ0v) is 15.6. The molecule has 0 aliphatic carbocycles. The fourth-order valence-electron chi connectivity index (χ4n) is 2.52. The Bertz CT molecular complexity index is 783. The van der Waals surface area contributed by atoms with E-state index in [0.717, 1.165) is 17.2 Å². The van der Waals surface area contributed by atoms with Crippen molar-refractivity contribution in [2.75, 3.05) is 11.9 Å². The van der Waals surface area contributed by atoms with Gasteiger partial charge in [-0.2, -0.15) is 0 Å². The smallest absolute Gasteiger partial charge is 0.279 e. The van der Waals surface area contributed by atoms with E-state index in [-0.39, 0.29) is 5.91 Å². The number of quaternary nitrogens is 1. The highest BCUT2D eigenvalue weighted by Crippen LogP contribution is 2.25. The summed E-state index contributed by atoms with van der Waals surface area (Å²) in [7, 11) is 0. The monoisotopic (exact) mass is 395 g/mol. The van der Waals surface area contributed by atoms with E-state index in [4.69, 9.17) is 27.6 Å². The topological polar surface area (TPSA) is 46.7 Å². The number of carbonyl (C=O) groups is 1. The van der Waals surface area contributed by atoms with Crippen molar-refractivity contribution in [1.29, 1.82) is 0 Å². The second kappa shape index (κ2) is 8.54. The minimum absolute atomic E-state index is 0.123. The summed E-state index contributed by atoms with van der Waals surface area (Å²) in [5, 5.41) is 5.86. The average Bonchev–Trinajstić information content (AvgIpc) is 3.25. The molecule has 25 heavy (non-hydrogen) atoms. The summed E-state index contributed by atoms with van der Waals surface area (Å²) in [6.07, 6.45) is 1.64. The molecule has 1 atom stereocenters. The van der Waals surface area contributed by atoms with Gasteiger partial charge in [-0.1, -0.05) is 29.3 Å². The van der Waals surface area contributed by atoms with E-state index in [1.165, 1.54) is 4.88 Å². The third-order valence-electron chi connectivity index (χ3n) is 3.62. The molecule has 2 aromatic heterocycles. The van der Waals surface area contributed by atoms with E-state index in [2.05, 4.69) is 11.4 Å². The number of hydrogen-bond acceptors (Lipinski definition) is 3. The minimum atomic E-state index is -0.123. The number of furan rings is 1. The Labute approximate surface area is 160 Å². The van der Waals surface area contributed by atoms with Crippen LogP contribution in [0.5, 0.6) is 0 Å². The van der Waals surface area contributed by atoms with Crippen LogP contribution < -0.4 is 10.2 Å². The fraction of sp³-hybridized carbons (Fsp3) is 0.167. The number of amides is 1. The maximum Gasteiger partial charge on any atom is 0.279 e. The molecule has 0 aliphatic rings. The Balaban J connectivity index is 1.67. The summed E-state index contributed by atoms with van der Waals surface area (Å²) >= 11 is 13.8. The summed E-state index contributed by atoms with van der Waals surface area (Å²) in [5.74, 6) is 0.724. The fourth-order valence-corrected chi connectivity index (χ4v) is 3.63. The van der Waals surface area contributed by atoms with Crippen LogP contribution in [0.15, 0.2) is 58.5 Å². The molecule has 3 rings (SSSR count). The van der Waals surface area contributed by atoms with Gasteiger partial charge in [0.2, 0.25) is 0 Å². The van der Waals surface area contributed by atoms with Gasteiger partial charge in [0.15, 0.2) is 12.3 Å². The SMILES string of the molecule is O=C(C[NH+](Cc1ccco1)Cc1cccs1)Nc1cc(Cl)ccc1Cl. The molecule has 0 fully saturated rings. The van der Waals surface area contributed by atoms with Crippen LogP contribution in [0.4, 0.5) is 5.69 Å². The molecule has 0 spiro atoms. The third-order valence-corrected chi connectivity index (χ3v) is 5.06. The Kier molecular flexibility index (Phi) is 6.15. The van der Waals surface area contributed by atoms with Gasteiger partial charge >= 0.3 is 0 Å². The molecule has 1 amide bonds. The first-order chi connectivity index (χ1) is 12.1. The Morgan fingerprint density at radius 3 is 2.76 bits per heavy atom. The largest absolute Gasteiger partial charge is 0.463 e. The molecule has 3 aromatic rings. The Morgan fingerprint density at radius 1 is 1.16 bits per heavy atom. The van der Waals surface area contributed by atoms with Gasteiger partial charge in [0, 0.05) is 5.02 Å². The van der Waals surface area contributed by atoms with Crippen LogP contribution in [-0.4, -0.2) is 12.5 Å². The van der Waals surface area contributed by atoms with Crippen LogP contribution in [-0.2, 0) is 17.9 Å². The normalized spacial score (nSPS) is 12.1. The van der Waals surface area contributed by atoms with Gasteiger partial charge in [0.1, 0.15) is 13.1 Å². The molecule has 4 nitrogen and oxygen atoms in total. The molecule has 0 bridgehead atoms. The molecule has 130 valence electrons. The number of benzene rings is 1. The minimum Gasteiger partial charge on any atom is -0.463 e. The van der Waals surface area contributed by atoms with Gasteiger partial charge in [-0.15, -0.1) is 11.3 Å². The summed E-state index contributed by atoms with van der Waals surface area (Å²) in [6, 6.07) is 12.8. The summed E-state index contributed by atoms with van der Waals surface area (Å²) in [6.45, 7) is 1.66. The molecule has 0 aliphatic heterocycles. The van der Waals surface area contributed by atoms with Gasteiger partial charge < -0.3 is 14.6 Å². The number of hydrogen-bond donors (Lipinski definition) is 2. The lowest BCUT2D eigenvalue weighted by Gasteiger charge is -2.17. The van der Waals surface area contributed by atoms with E-state index >= 15 is 0 Å². The maximum atomic E-state index is 12.5. The zero-order chi connectivity index (χ0) is 17.6. The van der Waals surface area contributed by atoms with Crippen molar-refractivity contribution >= 4 is 46.1 Å². The molecular formula is C18H17Cl2N2O2S+. The summed E-state index contributed by atoms with van der Waals surface area (Å²) in [5.41, 5.74) is 0.521. The van der Waals surface area contributed by atoms with Crippen LogP contribution in [0.2, 0.25) is 10.0 Å². The van der Waals surface area contributed by atoms with E-state index in [0.29, 0.717) is 28.8 Å². The standard InChI is InChI=1S/C18H16Cl2N2O2S/c19-13-5-6-16(20)17(9-13)21-18(23)12-22(10-14-3-1-7-24-14)11-15-4-2-8-25-15/h1-9H,10-12H2,(H,21,23)/p+1. The van der Waals surface area contributed by atoms with Crippen LogP contribution in [0, 0.1) is 0 Å². The first-order valence-electron chi connectivity index (χ1n) is 7.73. The predicted molar refractivity (Wildman–Crippen MR) is 101 cm³/mol. The van der Waals surface area contributed by atoms with Crippen molar-refractivity contribution in [1.82, 2.24) is 0 Å². The lowest BCUT2D eigenvalue weighted by atomic mass is 10.3. The molecule has 0 saturated carbocycles. The highest BCUT2D eigenvalue weighted by atomic mass is 35.5. The van der Waals surface area contributed by atoms with Gasteiger partial charge in [-0.05, 0) is 41.8 Å². The summed E-state index contributed by atoms with van der Waals surface area (Å²) < 4.78 is 5.43. The second-order valence-electron chi connectivity index (χ2n) is 5.61. The van der Waals surface area contributed by atoms with Crippen molar-refractivity contribution in [3.63, 3.8) is 0 Å². The van der Waals surface area contributed by atoms with Gasteiger partial charge in [0.25, 0.3) is 5.91 Å². The third kappa shape index (κ3) is 5.34. The van der Waals surface area contributed by atoms with Crippen molar-refractivity contribution in [3.8, 4) is 0 Å². The lowest BCUT2D eigenvalue weighted by Crippen LogP contribution is -3.10. The maximum absolute atomic E-state index is 12.5. The van der Waals surface area contributed by atoms with Crippen LogP contribution in [0.1, 0.15) is 10.6 Å². The van der Waals surface area contributed by atoms with Crippen LogP contribution in [0.3, 0.4) is 0 Å². The van der Waals surface area contributed by atoms with Crippen LogP contribution >= 0.6 is 34.5 Å². The van der Waals surface area contributed by atoms with Crippen molar-refractivity contribution < 1.29 is 14.1 Å². The highest BCUT2D eigenvalue weighted by molar-refractivity contribution is 7.09. The van der Waals surface area contributed by atoms with E-state index in [9.17, 15) is 4.79 Å². The van der Waals surface area contributed by atoms with E-state index in [1.54, 1.807) is 35.8 Å². The van der Waals surface area contributed by atoms with Crippen molar-refractivity contribution in [2.24, 2.45) is 0 Å². The average molecular weight is 396 g/mol. The number of rotatable bonds is 7. The molecule has 7 heteroatoms. The van der Waals surface area contributed by atoms with Crippen molar-refractivity contribution in [3.05, 3.63) is 74.8 Å². The number of nitrogens with one attached hydrogen (secondary N) is 2.